The summed E-state index contributed by atoms with van der Waals surface area (Å²) in [6.07, 6.45) is 6.96. The van der Waals surface area contributed by atoms with E-state index in [2.05, 4.69) is 22.5 Å². The summed E-state index contributed by atoms with van der Waals surface area (Å²) in [5, 5.41) is 5.86. The standard InChI is InChI=1S/C20H31N3O3/c1-16-6-2-4-12-23(16)13-5-3-10-21-20(24)22-11-9-17-7-8-18-19(14-17)26-15-25-18/h7-8,14,16H,2-6,9-13,15H2,1H3,(H2,21,22,24). The number of carbonyl (C=O) groups excluding carboxylic acids is 1. The third-order valence-corrected chi connectivity index (χ3v) is 5.23. The second-order valence-electron chi connectivity index (χ2n) is 7.21. The van der Waals surface area contributed by atoms with Gasteiger partial charge >= 0.3 is 6.03 Å². The van der Waals surface area contributed by atoms with Crippen molar-refractivity contribution in [3.63, 3.8) is 0 Å². The van der Waals surface area contributed by atoms with E-state index in [0.29, 0.717) is 6.54 Å². The summed E-state index contributed by atoms with van der Waals surface area (Å²) in [5.74, 6) is 1.58. The van der Waals surface area contributed by atoms with E-state index in [-0.39, 0.29) is 12.8 Å². The van der Waals surface area contributed by atoms with E-state index in [0.717, 1.165) is 55.5 Å². The minimum Gasteiger partial charge on any atom is -0.454 e. The number of rotatable bonds is 8. The highest BCUT2D eigenvalue weighted by atomic mass is 16.7. The lowest BCUT2D eigenvalue weighted by Gasteiger charge is -2.33. The third-order valence-electron chi connectivity index (χ3n) is 5.23. The predicted octanol–water partition coefficient (Wildman–Crippen LogP) is 2.91. The van der Waals surface area contributed by atoms with Crippen molar-refractivity contribution in [2.24, 2.45) is 0 Å². The number of piperidine rings is 1. The summed E-state index contributed by atoms with van der Waals surface area (Å²) in [4.78, 5) is 14.4. The van der Waals surface area contributed by atoms with Crippen LogP contribution in [0.15, 0.2) is 18.2 Å². The summed E-state index contributed by atoms with van der Waals surface area (Å²) in [6.45, 7) is 6.33. The number of fused-ring (bicyclic) bond motifs is 1. The Kier molecular flexibility index (Phi) is 7.00. The lowest BCUT2D eigenvalue weighted by molar-refractivity contribution is 0.158. The van der Waals surface area contributed by atoms with Crippen LogP contribution in [0.4, 0.5) is 4.79 Å². The summed E-state index contributed by atoms with van der Waals surface area (Å²) in [5.41, 5.74) is 1.13. The Hall–Kier alpha value is -1.95. The van der Waals surface area contributed by atoms with Crippen LogP contribution >= 0.6 is 0 Å². The van der Waals surface area contributed by atoms with Gasteiger partial charge in [-0.1, -0.05) is 12.5 Å². The molecule has 144 valence electrons. The van der Waals surface area contributed by atoms with Crippen LogP contribution in [0.2, 0.25) is 0 Å². The molecular formula is C20H31N3O3. The van der Waals surface area contributed by atoms with Crippen LogP contribution in [-0.4, -0.2) is 49.9 Å². The van der Waals surface area contributed by atoms with Crippen LogP contribution in [0.3, 0.4) is 0 Å². The number of likely N-dealkylation sites (tertiary alicyclic amines) is 1. The van der Waals surface area contributed by atoms with Crippen LogP contribution in [-0.2, 0) is 6.42 Å². The molecule has 1 fully saturated rings. The lowest BCUT2D eigenvalue weighted by Crippen LogP contribution is -2.39. The Morgan fingerprint density at radius 1 is 1.15 bits per heavy atom. The summed E-state index contributed by atoms with van der Waals surface area (Å²) < 4.78 is 10.7. The van der Waals surface area contributed by atoms with Crippen molar-refractivity contribution in [1.29, 1.82) is 0 Å². The highest BCUT2D eigenvalue weighted by Gasteiger charge is 2.17. The number of amides is 2. The Balaban J connectivity index is 1.23. The van der Waals surface area contributed by atoms with E-state index in [1.54, 1.807) is 0 Å². The molecule has 0 spiro atoms. The normalized spacial score (nSPS) is 19.3. The van der Waals surface area contributed by atoms with Gasteiger partial charge in [0.15, 0.2) is 11.5 Å². The molecular weight excluding hydrogens is 330 g/mol. The fraction of sp³-hybridized carbons (Fsp3) is 0.650. The minimum atomic E-state index is -0.0860. The number of urea groups is 1. The second kappa shape index (κ2) is 9.67. The van der Waals surface area contributed by atoms with Crippen molar-refractivity contribution in [2.75, 3.05) is 33.0 Å². The zero-order valence-corrected chi connectivity index (χ0v) is 15.8. The van der Waals surface area contributed by atoms with Gasteiger partial charge in [-0.2, -0.15) is 0 Å². The van der Waals surface area contributed by atoms with E-state index >= 15 is 0 Å². The molecule has 1 aromatic rings. The van der Waals surface area contributed by atoms with Crippen molar-refractivity contribution in [3.8, 4) is 11.5 Å². The van der Waals surface area contributed by atoms with Gasteiger partial charge in [0.25, 0.3) is 0 Å². The van der Waals surface area contributed by atoms with Gasteiger partial charge < -0.3 is 25.0 Å². The molecule has 26 heavy (non-hydrogen) atoms. The van der Waals surface area contributed by atoms with Gasteiger partial charge in [0.05, 0.1) is 0 Å². The van der Waals surface area contributed by atoms with Crippen molar-refractivity contribution < 1.29 is 14.3 Å². The van der Waals surface area contributed by atoms with Gasteiger partial charge in [-0.05, 0) is 69.8 Å². The first-order chi connectivity index (χ1) is 12.7. The topological polar surface area (TPSA) is 62.8 Å². The third kappa shape index (κ3) is 5.53. The van der Waals surface area contributed by atoms with Crippen molar-refractivity contribution in [1.82, 2.24) is 15.5 Å². The van der Waals surface area contributed by atoms with Crippen molar-refractivity contribution >= 4 is 6.03 Å². The maximum Gasteiger partial charge on any atom is 0.314 e. The van der Waals surface area contributed by atoms with Crippen LogP contribution in [0.25, 0.3) is 0 Å². The number of unbranched alkanes of at least 4 members (excludes halogenated alkanes) is 1. The summed E-state index contributed by atoms with van der Waals surface area (Å²) in [6, 6.07) is 6.53. The van der Waals surface area contributed by atoms with E-state index in [1.807, 2.05) is 18.2 Å². The molecule has 6 heteroatoms. The predicted molar refractivity (Wildman–Crippen MR) is 102 cm³/mol. The molecule has 6 nitrogen and oxygen atoms in total. The average molecular weight is 361 g/mol. The van der Waals surface area contributed by atoms with E-state index < -0.39 is 0 Å². The van der Waals surface area contributed by atoms with E-state index in [4.69, 9.17) is 9.47 Å². The number of ether oxygens (including phenoxy) is 2. The molecule has 2 N–H and O–H groups in total. The number of hydrogen-bond donors (Lipinski definition) is 2. The Morgan fingerprint density at radius 2 is 2.00 bits per heavy atom. The van der Waals surface area contributed by atoms with Gasteiger partial charge in [0, 0.05) is 19.1 Å². The number of benzene rings is 1. The molecule has 1 atom stereocenters. The number of hydrogen-bond acceptors (Lipinski definition) is 4. The fourth-order valence-electron chi connectivity index (χ4n) is 3.61. The zero-order chi connectivity index (χ0) is 18.2. The summed E-state index contributed by atoms with van der Waals surface area (Å²) >= 11 is 0. The molecule has 1 saturated heterocycles. The molecule has 2 amide bonds. The number of carbonyl (C=O) groups is 1. The molecule has 0 saturated carbocycles. The number of nitrogens with zero attached hydrogens (tertiary/aromatic N) is 1. The highest BCUT2D eigenvalue weighted by Crippen LogP contribution is 2.32. The first-order valence-electron chi connectivity index (χ1n) is 9.86. The maximum atomic E-state index is 11.9. The van der Waals surface area contributed by atoms with Crippen LogP contribution in [0.1, 0.15) is 44.6 Å². The van der Waals surface area contributed by atoms with Gasteiger partial charge in [0.2, 0.25) is 6.79 Å². The lowest BCUT2D eigenvalue weighted by atomic mass is 10.0. The second-order valence-corrected chi connectivity index (χ2v) is 7.21. The van der Waals surface area contributed by atoms with Gasteiger partial charge in [0.1, 0.15) is 0 Å². The minimum absolute atomic E-state index is 0.0860. The zero-order valence-electron chi connectivity index (χ0n) is 15.8. The van der Waals surface area contributed by atoms with Crippen LogP contribution < -0.4 is 20.1 Å². The van der Waals surface area contributed by atoms with Crippen molar-refractivity contribution in [3.05, 3.63) is 23.8 Å². The van der Waals surface area contributed by atoms with Gasteiger partial charge in [-0.3, -0.25) is 0 Å². The molecule has 0 radical (unpaired) electrons. The SMILES string of the molecule is CC1CCCCN1CCCCNC(=O)NCCc1ccc2c(c1)OCO2. The molecule has 3 rings (SSSR count). The first kappa shape index (κ1) is 18.8. The van der Waals surface area contributed by atoms with Crippen molar-refractivity contribution in [2.45, 2.75) is 51.5 Å². The Morgan fingerprint density at radius 3 is 2.88 bits per heavy atom. The smallest absolute Gasteiger partial charge is 0.314 e. The molecule has 2 aliphatic rings. The maximum absolute atomic E-state index is 11.9. The van der Waals surface area contributed by atoms with Crippen LogP contribution in [0.5, 0.6) is 11.5 Å². The molecule has 0 bridgehead atoms. The van der Waals surface area contributed by atoms with E-state index in [9.17, 15) is 4.79 Å². The monoisotopic (exact) mass is 361 g/mol. The molecule has 0 aromatic heterocycles. The van der Waals surface area contributed by atoms with Crippen LogP contribution in [0, 0.1) is 0 Å². The molecule has 1 unspecified atom stereocenters. The molecule has 2 aliphatic heterocycles. The fourth-order valence-corrected chi connectivity index (χ4v) is 3.61. The quantitative estimate of drug-likeness (QED) is 0.699. The van der Waals surface area contributed by atoms with Gasteiger partial charge in [-0.25, -0.2) is 4.79 Å². The average Bonchev–Trinajstić information content (AvgIpc) is 3.11. The number of nitrogens with one attached hydrogen (secondary N) is 2. The Labute approximate surface area is 156 Å². The summed E-state index contributed by atoms with van der Waals surface area (Å²) in [7, 11) is 0. The highest BCUT2D eigenvalue weighted by molar-refractivity contribution is 5.73. The van der Waals surface area contributed by atoms with E-state index in [1.165, 1.54) is 25.8 Å². The Bertz CT molecular complexity index is 594. The molecule has 2 heterocycles. The largest absolute Gasteiger partial charge is 0.454 e. The van der Waals surface area contributed by atoms with Gasteiger partial charge in [-0.15, -0.1) is 0 Å². The molecule has 1 aromatic carbocycles. The molecule has 0 aliphatic carbocycles. The first-order valence-corrected chi connectivity index (χ1v) is 9.86.